The number of hydrogen-bond donors (Lipinski definition) is 1. The first-order valence-electron chi connectivity index (χ1n) is 11.7. The van der Waals surface area contributed by atoms with Crippen molar-refractivity contribution < 1.29 is 13.9 Å². The number of esters is 1. The van der Waals surface area contributed by atoms with Gasteiger partial charge >= 0.3 is 5.97 Å². The van der Waals surface area contributed by atoms with E-state index >= 15 is 0 Å². The molecule has 0 radical (unpaired) electrons. The van der Waals surface area contributed by atoms with E-state index in [2.05, 4.69) is 36.3 Å². The Morgan fingerprint density at radius 1 is 1.41 bits per heavy atom. The number of tetrazole rings is 1. The number of hydrogen-bond acceptors (Lipinski definition) is 7. The maximum absolute atomic E-state index is 14.8. The van der Waals surface area contributed by atoms with Crippen LogP contribution in [0, 0.1) is 11.7 Å². The molecule has 190 valence electrons. The van der Waals surface area contributed by atoms with E-state index in [1.807, 2.05) is 31.2 Å². The molecule has 1 atom stereocenters. The van der Waals surface area contributed by atoms with Gasteiger partial charge < -0.3 is 9.72 Å². The van der Waals surface area contributed by atoms with Crippen LogP contribution in [-0.4, -0.2) is 43.3 Å². The summed E-state index contributed by atoms with van der Waals surface area (Å²) in [5.41, 5.74) is 3.57. The number of methoxy groups -OCH3 is 1. The smallest absolute Gasteiger partial charge is 0.351 e. The normalized spacial score (nSPS) is 14.9. The fourth-order valence-electron chi connectivity index (χ4n) is 4.13. The number of benzene rings is 1. The summed E-state index contributed by atoms with van der Waals surface area (Å²) in [6.07, 6.45) is 12.6. The Bertz CT molecular complexity index is 1470. The number of ether oxygens (including phenoxy) is 1. The van der Waals surface area contributed by atoms with E-state index in [0.29, 0.717) is 22.2 Å². The maximum Gasteiger partial charge on any atom is 0.351 e. The summed E-state index contributed by atoms with van der Waals surface area (Å²) in [4.78, 5) is 19.6. The predicted octanol–water partition coefficient (Wildman–Crippen LogP) is 6.24. The number of imidazole rings is 1. The molecular formula is C26H24ClFN6O2S. The fraction of sp³-hybridized carbons (Fsp3) is 0.269. The van der Waals surface area contributed by atoms with Gasteiger partial charge in [0.15, 0.2) is 5.82 Å². The quantitative estimate of drug-likeness (QED) is 0.200. The molecule has 1 unspecified atom stereocenters. The molecule has 0 amide bonds. The Morgan fingerprint density at radius 3 is 2.97 bits per heavy atom. The van der Waals surface area contributed by atoms with Gasteiger partial charge in [0.05, 0.1) is 24.7 Å². The molecule has 5 rings (SSSR count). The van der Waals surface area contributed by atoms with E-state index in [-0.39, 0.29) is 10.8 Å². The molecule has 8 nitrogen and oxygen atoms in total. The number of carbonyl (C=O) groups excluding carboxylic acids is 1. The second-order valence-electron chi connectivity index (χ2n) is 8.90. The number of allylic oxidation sites excluding steroid dienone is 4. The molecule has 1 N–H and O–H groups in total. The van der Waals surface area contributed by atoms with Crippen LogP contribution in [-0.2, 0) is 4.74 Å². The highest BCUT2D eigenvalue weighted by Crippen LogP contribution is 2.39. The molecule has 0 aliphatic heterocycles. The molecule has 0 bridgehead atoms. The molecule has 1 aromatic carbocycles. The van der Waals surface area contributed by atoms with Gasteiger partial charge in [0, 0.05) is 27.4 Å². The minimum Gasteiger partial charge on any atom is -0.465 e. The van der Waals surface area contributed by atoms with E-state index in [0.717, 1.165) is 40.4 Å². The molecule has 1 saturated carbocycles. The minimum atomic E-state index is -0.687. The van der Waals surface area contributed by atoms with Crippen molar-refractivity contribution in [2.24, 2.45) is 5.92 Å². The Balaban J connectivity index is 1.40. The van der Waals surface area contributed by atoms with Crippen molar-refractivity contribution in [2.75, 3.05) is 7.11 Å². The van der Waals surface area contributed by atoms with Crippen molar-refractivity contribution in [2.45, 2.75) is 32.1 Å². The van der Waals surface area contributed by atoms with Crippen molar-refractivity contribution >= 4 is 34.5 Å². The number of aromatic nitrogens is 6. The number of thiophene rings is 1. The van der Waals surface area contributed by atoms with Crippen molar-refractivity contribution in [1.29, 1.82) is 0 Å². The number of rotatable bonds is 9. The monoisotopic (exact) mass is 538 g/mol. The summed E-state index contributed by atoms with van der Waals surface area (Å²) >= 11 is 7.29. The Morgan fingerprint density at radius 2 is 2.24 bits per heavy atom. The summed E-state index contributed by atoms with van der Waals surface area (Å²) in [6, 6.07) is 5.57. The topological polar surface area (TPSA) is 98.6 Å². The van der Waals surface area contributed by atoms with Crippen molar-refractivity contribution in [1.82, 2.24) is 30.2 Å². The molecular weight excluding hydrogens is 515 g/mol. The van der Waals surface area contributed by atoms with Crippen LogP contribution in [0.3, 0.4) is 0 Å². The van der Waals surface area contributed by atoms with Gasteiger partial charge in [-0.15, -0.1) is 16.4 Å². The number of nitrogens with zero attached hydrogens (tertiary/aromatic N) is 5. The number of carbonyl (C=O) groups is 1. The first-order valence-corrected chi connectivity index (χ1v) is 13.0. The van der Waals surface area contributed by atoms with Gasteiger partial charge in [-0.1, -0.05) is 42.7 Å². The SMILES string of the molecule is COC(=O)c1scc(-c2cnc(C(/C=C/C=C(\C)c3cc(Cl)ccc3-n3cnnn3)CC3CC3)[nH]2)c1F. The molecule has 1 aliphatic carbocycles. The third-order valence-corrected chi connectivity index (χ3v) is 7.46. The first-order chi connectivity index (χ1) is 17.9. The van der Waals surface area contributed by atoms with Crippen LogP contribution in [0.4, 0.5) is 4.39 Å². The number of aromatic amines is 1. The van der Waals surface area contributed by atoms with Crippen molar-refractivity contribution in [3.8, 4) is 16.9 Å². The average molecular weight is 539 g/mol. The van der Waals surface area contributed by atoms with Gasteiger partial charge in [-0.05, 0) is 53.5 Å². The summed E-state index contributed by atoms with van der Waals surface area (Å²) in [6.45, 7) is 2.00. The summed E-state index contributed by atoms with van der Waals surface area (Å²) in [5, 5.41) is 13.7. The number of halogens is 2. The molecule has 0 spiro atoms. The van der Waals surface area contributed by atoms with Crippen LogP contribution in [0.5, 0.6) is 0 Å². The Kier molecular flexibility index (Phi) is 7.29. The van der Waals surface area contributed by atoms with E-state index < -0.39 is 11.8 Å². The summed E-state index contributed by atoms with van der Waals surface area (Å²) in [7, 11) is 1.24. The molecule has 1 aliphatic rings. The Labute approximate surface area is 221 Å². The second kappa shape index (κ2) is 10.8. The molecule has 1 fully saturated rings. The van der Waals surface area contributed by atoms with Crippen LogP contribution < -0.4 is 0 Å². The van der Waals surface area contributed by atoms with E-state index in [1.165, 1.54) is 20.0 Å². The van der Waals surface area contributed by atoms with Crippen LogP contribution in [0.25, 0.3) is 22.5 Å². The van der Waals surface area contributed by atoms with Gasteiger partial charge in [-0.25, -0.2) is 14.2 Å². The lowest BCUT2D eigenvalue weighted by Gasteiger charge is -2.10. The van der Waals surface area contributed by atoms with E-state index in [1.54, 1.807) is 28.7 Å². The predicted molar refractivity (Wildman–Crippen MR) is 140 cm³/mol. The zero-order valence-electron chi connectivity index (χ0n) is 20.2. The largest absolute Gasteiger partial charge is 0.465 e. The minimum absolute atomic E-state index is 0.0328. The highest BCUT2D eigenvalue weighted by molar-refractivity contribution is 7.12. The Hall–Kier alpha value is -3.63. The molecule has 37 heavy (non-hydrogen) atoms. The van der Waals surface area contributed by atoms with Gasteiger partial charge in [0.25, 0.3) is 0 Å². The van der Waals surface area contributed by atoms with Crippen LogP contribution >= 0.6 is 22.9 Å². The van der Waals surface area contributed by atoms with Crippen molar-refractivity contribution in [3.05, 3.63) is 81.4 Å². The first kappa shape index (κ1) is 25.0. The van der Waals surface area contributed by atoms with Crippen molar-refractivity contribution in [3.63, 3.8) is 0 Å². The van der Waals surface area contributed by atoms with Gasteiger partial charge in [-0.2, -0.15) is 4.68 Å². The maximum atomic E-state index is 14.8. The molecule has 11 heteroatoms. The number of nitrogens with one attached hydrogen (secondary N) is 1. The van der Waals surface area contributed by atoms with Gasteiger partial charge in [-0.3, -0.25) is 0 Å². The van der Waals surface area contributed by atoms with Gasteiger partial charge in [0.1, 0.15) is 17.0 Å². The lowest BCUT2D eigenvalue weighted by molar-refractivity contribution is 0.0601. The zero-order valence-corrected chi connectivity index (χ0v) is 21.8. The third-order valence-electron chi connectivity index (χ3n) is 6.29. The highest BCUT2D eigenvalue weighted by atomic mass is 35.5. The van der Waals surface area contributed by atoms with E-state index in [9.17, 15) is 9.18 Å². The average Bonchev–Trinajstić information content (AvgIpc) is 3.27. The molecule has 4 aromatic rings. The molecule has 0 saturated heterocycles. The second-order valence-corrected chi connectivity index (χ2v) is 10.2. The highest BCUT2D eigenvalue weighted by Gasteiger charge is 2.27. The van der Waals surface area contributed by atoms with E-state index in [4.69, 9.17) is 11.6 Å². The zero-order chi connectivity index (χ0) is 25.9. The van der Waals surface area contributed by atoms with Crippen LogP contribution in [0.15, 0.2) is 54.3 Å². The third kappa shape index (κ3) is 5.55. The summed E-state index contributed by atoms with van der Waals surface area (Å²) in [5.74, 6) is 0.154. The lowest BCUT2D eigenvalue weighted by Crippen LogP contribution is -2.01. The van der Waals surface area contributed by atoms with Crippen LogP contribution in [0.2, 0.25) is 5.02 Å². The lowest BCUT2D eigenvalue weighted by atomic mass is 9.99. The van der Waals surface area contributed by atoms with Gasteiger partial charge in [0.2, 0.25) is 0 Å². The molecule has 3 heterocycles. The fourth-order valence-corrected chi connectivity index (χ4v) is 5.16. The number of H-pyrrole nitrogens is 1. The summed E-state index contributed by atoms with van der Waals surface area (Å²) < 4.78 is 21.1. The standard InChI is InChI=1S/C26H24ClFN6O2S/c1-15(19-11-18(27)8-9-22(19)34-14-30-32-33-34)4-3-5-17(10-16-6-7-16)25-29-12-21(31-25)20-13-37-24(23(20)28)26(35)36-2/h3-5,8-9,11-14,16-17H,6-7,10H2,1-2H3,(H,29,31)/b5-3+,15-4+. The van der Waals surface area contributed by atoms with Crippen LogP contribution in [0.1, 0.15) is 53.2 Å². The molecule has 3 aromatic heterocycles.